The van der Waals surface area contributed by atoms with E-state index in [2.05, 4.69) is 4.72 Å². The van der Waals surface area contributed by atoms with Crippen molar-refractivity contribution in [2.45, 2.75) is 31.2 Å². The third kappa shape index (κ3) is 4.91. The highest BCUT2D eigenvalue weighted by atomic mass is 35.5. The predicted octanol–water partition coefficient (Wildman–Crippen LogP) is 1.33. The summed E-state index contributed by atoms with van der Waals surface area (Å²) in [6.07, 6.45) is 0. The second-order valence-corrected chi connectivity index (χ2v) is 6.46. The highest BCUT2D eigenvalue weighted by Gasteiger charge is 2.25. The molecule has 0 atom stereocenters. The van der Waals surface area contributed by atoms with Gasteiger partial charge in [0.2, 0.25) is 10.0 Å². The number of halogens is 1. The standard InChI is InChI=1S/C12H18N2O3S.ClH/c1-9(15)10-5-4-6-11(7-10)18(16,17)14-12(2,3)8-13;/h4-7,14H,8,13H2,1-3H3;1H. The molecule has 0 aliphatic carbocycles. The van der Waals surface area contributed by atoms with E-state index in [-0.39, 0.29) is 29.6 Å². The van der Waals surface area contributed by atoms with Crippen LogP contribution in [0, 0.1) is 0 Å². The lowest BCUT2D eigenvalue weighted by molar-refractivity contribution is 0.101. The van der Waals surface area contributed by atoms with Gasteiger partial charge in [0, 0.05) is 17.6 Å². The van der Waals surface area contributed by atoms with E-state index < -0.39 is 15.6 Å². The Bertz CT molecular complexity index is 556. The van der Waals surface area contributed by atoms with Crippen molar-refractivity contribution in [1.82, 2.24) is 4.72 Å². The van der Waals surface area contributed by atoms with Gasteiger partial charge in [-0.15, -0.1) is 12.4 Å². The zero-order chi connectivity index (χ0) is 14.0. The Labute approximate surface area is 120 Å². The van der Waals surface area contributed by atoms with Crippen LogP contribution in [0.15, 0.2) is 29.2 Å². The average Bonchev–Trinajstić information content (AvgIpc) is 2.28. The Kier molecular flexibility index (Phi) is 6.15. The molecule has 1 aromatic carbocycles. The molecule has 7 heteroatoms. The summed E-state index contributed by atoms with van der Waals surface area (Å²) in [6.45, 7) is 4.96. The summed E-state index contributed by atoms with van der Waals surface area (Å²) in [5.74, 6) is -0.176. The molecule has 0 heterocycles. The fraction of sp³-hybridized carbons (Fsp3) is 0.417. The van der Waals surface area contributed by atoms with Gasteiger partial charge in [-0.2, -0.15) is 0 Å². The summed E-state index contributed by atoms with van der Waals surface area (Å²) in [5.41, 5.74) is 5.12. The molecule has 0 bridgehead atoms. The van der Waals surface area contributed by atoms with E-state index in [0.29, 0.717) is 5.56 Å². The number of carbonyl (C=O) groups excluding carboxylic acids is 1. The van der Waals surface area contributed by atoms with Gasteiger partial charge in [0.05, 0.1) is 4.90 Å². The molecule has 0 saturated carbocycles. The minimum Gasteiger partial charge on any atom is -0.329 e. The monoisotopic (exact) mass is 306 g/mol. The summed E-state index contributed by atoms with van der Waals surface area (Å²) in [6, 6.07) is 5.93. The molecular formula is C12H19ClN2O3S. The molecule has 1 rings (SSSR count). The molecule has 0 spiro atoms. The van der Waals surface area contributed by atoms with Gasteiger partial charge in [0.25, 0.3) is 0 Å². The smallest absolute Gasteiger partial charge is 0.241 e. The lowest BCUT2D eigenvalue weighted by Gasteiger charge is -2.23. The molecule has 0 unspecified atom stereocenters. The molecule has 0 aromatic heterocycles. The number of sulfonamides is 1. The van der Waals surface area contributed by atoms with Gasteiger partial charge in [0.1, 0.15) is 0 Å². The summed E-state index contributed by atoms with van der Waals surface area (Å²) in [4.78, 5) is 11.3. The van der Waals surface area contributed by atoms with Gasteiger partial charge in [0.15, 0.2) is 5.78 Å². The topological polar surface area (TPSA) is 89.3 Å². The van der Waals surface area contributed by atoms with Crippen LogP contribution in [0.1, 0.15) is 31.1 Å². The number of benzene rings is 1. The van der Waals surface area contributed by atoms with Crippen molar-refractivity contribution in [3.8, 4) is 0 Å². The summed E-state index contributed by atoms with van der Waals surface area (Å²) in [5, 5.41) is 0. The minimum atomic E-state index is -3.67. The SMILES string of the molecule is CC(=O)c1cccc(S(=O)(=O)NC(C)(C)CN)c1.Cl. The van der Waals surface area contributed by atoms with Gasteiger partial charge in [-0.05, 0) is 32.9 Å². The van der Waals surface area contributed by atoms with Crippen LogP contribution >= 0.6 is 12.4 Å². The maximum atomic E-state index is 12.1. The van der Waals surface area contributed by atoms with Crippen LogP contribution in [0.25, 0.3) is 0 Å². The van der Waals surface area contributed by atoms with Crippen LogP contribution in [-0.4, -0.2) is 26.3 Å². The van der Waals surface area contributed by atoms with Crippen LogP contribution in [0.2, 0.25) is 0 Å². The Hall–Kier alpha value is -0.950. The van der Waals surface area contributed by atoms with Gasteiger partial charge in [-0.25, -0.2) is 13.1 Å². The van der Waals surface area contributed by atoms with Gasteiger partial charge in [-0.1, -0.05) is 12.1 Å². The first kappa shape index (κ1) is 18.0. The number of nitrogens with one attached hydrogen (secondary N) is 1. The predicted molar refractivity (Wildman–Crippen MR) is 77.1 cm³/mol. The van der Waals surface area contributed by atoms with Crippen LogP contribution in [0.4, 0.5) is 0 Å². The Morgan fingerprint density at radius 3 is 2.42 bits per heavy atom. The van der Waals surface area contributed by atoms with E-state index in [4.69, 9.17) is 5.73 Å². The lowest BCUT2D eigenvalue weighted by Crippen LogP contribution is -2.48. The molecule has 1 aromatic rings. The van der Waals surface area contributed by atoms with E-state index >= 15 is 0 Å². The number of Topliss-reactive ketones (excluding diaryl/α,β-unsaturated/α-hetero) is 1. The summed E-state index contributed by atoms with van der Waals surface area (Å²) < 4.78 is 26.7. The van der Waals surface area contributed by atoms with Crippen LogP contribution in [-0.2, 0) is 10.0 Å². The number of hydrogen-bond donors (Lipinski definition) is 2. The first-order valence-corrected chi connectivity index (χ1v) is 7.01. The van der Waals surface area contributed by atoms with E-state index in [9.17, 15) is 13.2 Å². The Morgan fingerprint density at radius 1 is 1.37 bits per heavy atom. The third-order valence-electron chi connectivity index (χ3n) is 2.47. The van der Waals surface area contributed by atoms with Crippen LogP contribution in [0.3, 0.4) is 0 Å². The first-order valence-electron chi connectivity index (χ1n) is 5.53. The van der Waals surface area contributed by atoms with Crippen molar-refractivity contribution >= 4 is 28.2 Å². The third-order valence-corrected chi connectivity index (χ3v) is 4.17. The van der Waals surface area contributed by atoms with Crippen molar-refractivity contribution in [2.24, 2.45) is 5.73 Å². The number of hydrogen-bond acceptors (Lipinski definition) is 4. The van der Waals surface area contributed by atoms with Crippen molar-refractivity contribution in [3.05, 3.63) is 29.8 Å². The highest BCUT2D eigenvalue weighted by Crippen LogP contribution is 2.14. The molecule has 0 saturated heterocycles. The molecule has 0 amide bonds. The van der Waals surface area contributed by atoms with Gasteiger partial charge < -0.3 is 5.73 Å². The van der Waals surface area contributed by atoms with Crippen LogP contribution < -0.4 is 10.5 Å². The molecule has 108 valence electrons. The summed E-state index contributed by atoms with van der Waals surface area (Å²) >= 11 is 0. The first-order chi connectivity index (χ1) is 8.18. The van der Waals surface area contributed by atoms with Crippen molar-refractivity contribution in [1.29, 1.82) is 0 Å². The number of rotatable bonds is 5. The normalized spacial score (nSPS) is 11.8. The largest absolute Gasteiger partial charge is 0.329 e. The Morgan fingerprint density at radius 2 is 1.95 bits per heavy atom. The van der Waals surface area contributed by atoms with E-state index in [1.54, 1.807) is 26.0 Å². The number of carbonyl (C=O) groups is 1. The van der Waals surface area contributed by atoms with Crippen molar-refractivity contribution in [3.63, 3.8) is 0 Å². The van der Waals surface area contributed by atoms with E-state index in [1.807, 2.05) is 0 Å². The van der Waals surface area contributed by atoms with E-state index in [0.717, 1.165) is 0 Å². The second-order valence-electron chi connectivity index (χ2n) is 4.78. The van der Waals surface area contributed by atoms with Crippen molar-refractivity contribution in [2.75, 3.05) is 6.54 Å². The molecule has 0 fully saturated rings. The van der Waals surface area contributed by atoms with Crippen LogP contribution in [0.5, 0.6) is 0 Å². The maximum Gasteiger partial charge on any atom is 0.241 e. The lowest BCUT2D eigenvalue weighted by atomic mass is 10.1. The molecule has 5 nitrogen and oxygen atoms in total. The highest BCUT2D eigenvalue weighted by molar-refractivity contribution is 7.89. The molecule has 0 radical (unpaired) electrons. The maximum absolute atomic E-state index is 12.1. The number of ketones is 1. The zero-order valence-electron chi connectivity index (χ0n) is 11.1. The minimum absolute atomic E-state index is 0. The second kappa shape index (κ2) is 6.47. The quantitative estimate of drug-likeness (QED) is 0.803. The van der Waals surface area contributed by atoms with E-state index in [1.165, 1.54) is 19.1 Å². The molecule has 19 heavy (non-hydrogen) atoms. The fourth-order valence-corrected chi connectivity index (χ4v) is 2.82. The average molecular weight is 307 g/mol. The molecule has 3 N–H and O–H groups in total. The number of nitrogens with two attached hydrogens (primary N) is 1. The zero-order valence-corrected chi connectivity index (χ0v) is 12.8. The Balaban J connectivity index is 0.00000324. The van der Waals surface area contributed by atoms with Crippen molar-refractivity contribution < 1.29 is 13.2 Å². The fourth-order valence-electron chi connectivity index (χ4n) is 1.35. The summed E-state index contributed by atoms with van der Waals surface area (Å²) in [7, 11) is -3.67. The van der Waals surface area contributed by atoms with Gasteiger partial charge >= 0.3 is 0 Å². The van der Waals surface area contributed by atoms with Gasteiger partial charge in [-0.3, -0.25) is 4.79 Å². The molecular weight excluding hydrogens is 288 g/mol. The molecule has 0 aliphatic rings. The molecule has 0 aliphatic heterocycles.